The molecule has 0 unspecified atom stereocenters. The number of rotatable bonds is 4. The SMILES string of the molecule is Fc1c(F)c(F)c(Cn2ccc(NC(=S)Nc3ccc(Cl)cc3Cl)n2)c(F)c1F. The maximum atomic E-state index is 13.8. The molecule has 0 atom stereocenters. The van der Waals surface area contributed by atoms with Crippen LogP contribution in [0, 0.1) is 29.1 Å². The van der Waals surface area contributed by atoms with E-state index in [1.165, 1.54) is 18.3 Å². The second-order valence-electron chi connectivity index (χ2n) is 5.65. The summed E-state index contributed by atoms with van der Waals surface area (Å²) in [5, 5.41) is 10.3. The van der Waals surface area contributed by atoms with Gasteiger partial charge in [-0.25, -0.2) is 22.0 Å². The fourth-order valence-corrected chi connectivity index (χ4v) is 3.00. The molecule has 3 aromatic rings. The summed E-state index contributed by atoms with van der Waals surface area (Å²) in [6, 6.07) is 6.09. The number of hydrogen-bond acceptors (Lipinski definition) is 2. The Labute approximate surface area is 176 Å². The number of benzene rings is 2. The zero-order chi connectivity index (χ0) is 21.3. The Morgan fingerprint density at radius 2 is 1.55 bits per heavy atom. The molecule has 2 N–H and O–H groups in total. The van der Waals surface area contributed by atoms with Crippen LogP contribution >= 0.6 is 35.4 Å². The number of nitrogens with zero attached hydrogens (tertiary/aromatic N) is 2. The molecule has 29 heavy (non-hydrogen) atoms. The molecular formula is C17H9Cl2F5N4S. The average molecular weight is 467 g/mol. The molecule has 2 aromatic carbocycles. The Morgan fingerprint density at radius 1 is 0.931 bits per heavy atom. The summed E-state index contributed by atoms with van der Waals surface area (Å²) in [4.78, 5) is 0. The molecule has 0 spiro atoms. The van der Waals surface area contributed by atoms with Crippen molar-refractivity contribution in [2.24, 2.45) is 0 Å². The highest BCUT2D eigenvalue weighted by Gasteiger charge is 2.25. The number of thiocarbonyl (C=S) groups is 1. The zero-order valence-corrected chi connectivity index (χ0v) is 16.4. The van der Waals surface area contributed by atoms with Crippen LogP contribution in [-0.2, 0) is 6.54 Å². The highest BCUT2D eigenvalue weighted by Crippen LogP contribution is 2.26. The van der Waals surface area contributed by atoms with Crippen LogP contribution in [0.3, 0.4) is 0 Å². The van der Waals surface area contributed by atoms with Crippen molar-refractivity contribution in [3.63, 3.8) is 0 Å². The van der Waals surface area contributed by atoms with Gasteiger partial charge < -0.3 is 10.6 Å². The van der Waals surface area contributed by atoms with E-state index in [1.807, 2.05) is 0 Å². The number of hydrogen-bond donors (Lipinski definition) is 2. The number of anilines is 2. The molecule has 0 radical (unpaired) electrons. The lowest BCUT2D eigenvalue weighted by molar-refractivity contribution is 0.367. The Morgan fingerprint density at radius 3 is 2.17 bits per heavy atom. The first kappa shape index (κ1) is 21.3. The summed E-state index contributed by atoms with van der Waals surface area (Å²) in [5.41, 5.74) is -0.542. The Hall–Kier alpha value is -2.43. The van der Waals surface area contributed by atoms with E-state index in [9.17, 15) is 22.0 Å². The van der Waals surface area contributed by atoms with Gasteiger partial charge in [-0.05, 0) is 30.4 Å². The van der Waals surface area contributed by atoms with Crippen molar-refractivity contribution in [3.05, 3.63) is 75.2 Å². The minimum Gasteiger partial charge on any atom is -0.331 e. The summed E-state index contributed by atoms with van der Waals surface area (Å²) in [7, 11) is 0. The van der Waals surface area contributed by atoms with Gasteiger partial charge in [0.2, 0.25) is 5.82 Å². The van der Waals surface area contributed by atoms with Crippen molar-refractivity contribution in [3.8, 4) is 0 Å². The minimum atomic E-state index is -2.22. The van der Waals surface area contributed by atoms with Gasteiger partial charge in [0.25, 0.3) is 0 Å². The number of nitrogens with one attached hydrogen (secondary N) is 2. The van der Waals surface area contributed by atoms with Crippen LogP contribution in [0.2, 0.25) is 10.0 Å². The first-order valence-corrected chi connectivity index (χ1v) is 8.90. The maximum Gasteiger partial charge on any atom is 0.200 e. The van der Waals surface area contributed by atoms with Gasteiger partial charge in [-0.3, -0.25) is 4.68 Å². The molecular weight excluding hydrogens is 458 g/mol. The first-order chi connectivity index (χ1) is 13.7. The molecule has 0 fully saturated rings. The zero-order valence-electron chi connectivity index (χ0n) is 14.0. The predicted octanol–water partition coefficient (Wildman–Crippen LogP) is 5.74. The molecule has 12 heteroatoms. The van der Waals surface area contributed by atoms with Gasteiger partial charge in [0.15, 0.2) is 34.2 Å². The summed E-state index contributed by atoms with van der Waals surface area (Å²) >= 11 is 16.9. The molecule has 0 aliphatic carbocycles. The van der Waals surface area contributed by atoms with Crippen LogP contribution in [0.15, 0.2) is 30.5 Å². The average Bonchev–Trinajstić information content (AvgIpc) is 3.11. The Kier molecular flexibility index (Phi) is 6.25. The molecule has 152 valence electrons. The second kappa shape index (κ2) is 8.52. The highest BCUT2D eigenvalue weighted by molar-refractivity contribution is 7.80. The van der Waals surface area contributed by atoms with E-state index in [2.05, 4.69) is 15.7 Å². The van der Waals surface area contributed by atoms with Gasteiger partial charge in [0, 0.05) is 17.3 Å². The molecule has 0 aliphatic heterocycles. The molecule has 0 aliphatic rings. The largest absolute Gasteiger partial charge is 0.331 e. The van der Waals surface area contributed by atoms with Crippen LogP contribution in [0.4, 0.5) is 33.5 Å². The van der Waals surface area contributed by atoms with Gasteiger partial charge in [-0.15, -0.1) is 0 Å². The minimum absolute atomic E-state index is 0.0932. The third-order valence-electron chi connectivity index (χ3n) is 3.68. The summed E-state index contributed by atoms with van der Waals surface area (Å²) in [6.45, 7) is -0.684. The van der Waals surface area contributed by atoms with E-state index < -0.39 is 41.2 Å². The standard InChI is InChI=1S/C17H9Cl2F5N4S/c18-7-1-2-10(9(19)5-7)25-17(29)26-11-3-4-28(27-11)6-8-12(20)14(22)16(24)15(23)13(8)21/h1-5H,6H2,(H2,25,26,27,29). The number of halogens is 7. The van der Waals surface area contributed by atoms with Crippen molar-refractivity contribution in [1.82, 2.24) is 9.78 Å². The van der Waals surface area contributed by atoms with E-state index >= 15 is 0 Å². The van der Waals surface area contributed by atoms with Crippen molar-refractivity contribution in [2.45, 2.75) is 6.54 Å². The molecule has 0 amide bonds. The van der Waals surface area contributed by atoms with Crippen LogP contribution in [-0.4, -0.2) is 14.9 Å². The molecule has 0 bridgehead atoms. The molecule has 1 heterocycles. The fraction of sp³-hybridized carbons (Fsp3) is 0.0588. The van der Waals surface area contributed by atoms with Gasteiger partial charge >= 0.3 is 0 Å². The Bertz CT molecular complexity index is 1080. The first-order valence-electron chi connectivity index (χ1n) is 7.74. The lowest BCUT2D eigenvalue weighted by Crippen LogP contribution is -2.20. The summed E-state index contributed by atoms with van der Waals surface area (Å²) in [5.74, 6) is -9.92. The number of aromatic nitrogens is 2. The second-order valence-corrected chi connectivity index (χ2v) is 6.90. The molecule has 1 aromatic heterocycles. The van der Waals surface area contributed by atoms with E-state index in [1.54, 1.807) is 12.1 Å². The molecule has 4 nitrogen and oxygen atoms in total. The summed E-state index contributed by atoms with van der Waals surface area (Å²) in [6.07, 6.45) is 1.28. The smallest absolute Gasteiger partial charge is 0.200 e. The normalized spacial score (nSPS) is 10.9. The maximum absolute atomic E-state index is 13.8. The van der Waals surface area contributed by atoms with E-state index in [-0.39, 0.29) is 10.9 Å². The van der Waals surface area contributed by atoms with Crippen LogP contribution in [0.1, 0.15) is 5.56 Å². The van der Waals surface area contributed by atoms with E-state index in [4.69, 9.17) is 35.4 Å². The third kappa shape index (κ3) is 4.60. The molecule has 0 saturated carbocycles. The van der Waals surface area contributed by atoms with Crippen LogP contribution < -0.4 is 10.6 Å². The highest BCUT2D eigenvalue weighted by atomic mass is 35.5. The van der Waals surface area contributed by atoms with Crippen molar-refractivity contribution in [1.29, 1.82) is 0 Å². The Balaban J connectivity index is 1.72. The van der Waals surface area contributed by atoms with E-state index in [0.29, 0.717) is 15.7 Å². The third-order valence-corrected chi connectivity index (χ3v) is 4.43. The lowest BCUT2D eigenvalue weighted by Gasteiger charge is -2.10. The quantitative estimate of drug-likeness (QED) is 0.222. The van der Waals surface area contributed by atoms with Gasteiger partial charge in [-0.1, -0.05) is 23.2 Å². The van der Waals surface area contributed by atoms with Crippen molar-refractivity contribution >= 4 is 52.0 Å². The fourth-order valence-electron chi connectivity index (χ4n) is 2.33. The topological polar surface area (TPSA) is 41.9 Å². The van der Waals surface area contributed by atoms with Gasteiger partial charge in [0.05, 0.1) is 22.8 Å². The molecule has 0 saturated heterocycles. The van der Waals surface area contributed by atoms with Crippen molar-refractivity contribution < 1.29 is 22.0 Å². The van der Waals surface area contributed by atoms with E-state index in [0.717, 1.165) is 4.68 Å². The van der Waals surface area contributed by atoms with Gasteiger partial charge in [-0.2, -0.15) is 5.10 Å². The predicted molar refractivity (Wildman–Crippen MR) is 104 cm³/mol. The van der Waals surface area contributed by atoms with Crippen LogP contribution in [0.25, 0.3) is 0 Å². The van der Waals surface area contributed by atoms with Crippen molar-refractivity contribution in [2.75, 3.05) is 10.6 Å². The lowest BCUT2D eigenvalue weighted by atomic mass is 10.1. The monoisotopic (exact) mass is 466 g/mol. The molecule has 3 rings (SSSR count). The summed E-state index contributed by atoms with van der Waals surface area (Å²) < 4.78 is 68.3. The van der Waals surface area contributed by atoms with Gasteiger partial charge in [0.1, 0.15) is 0 Å². The van der Waals surface area contributed by atoms with Crippen LogP contribution in [0.5, 0.6) is 0 Å².